The van der Waals surface area contributed by atoms with Crippen LogP contribution in [-0.2, 0) is 6.42 Å². The monoisotopic (exact) mass is 360 g/mol. The van der Waals surface area contributed by atoms with Crippen LogP contribution in [0.5, 0.6) is 23.0 Å². The van der Waals surface area contributed by atoms with Crippen LogP contribution >= 0.6 is 0 Å². The molecule has 136 valence electrons. The van der Waals surface area contributed by atoms with E-state index in [1.165, 1.54) is 11.1 Å². The van der Waals surface area contributed by atoms with Gasteiger partial charge in [0.05, 0.1) is 13.0 Å². The summed E-state index contributed by atoms with van der Waals surface area (Å²) in [4.78, 5) is 0. The minimum absolute atomic E-state index is 0.0123. The molecule has 27 heavy (non-hydrogen) atoms. The smallest absolute Gasteiger partial charge is 0.231 e. The summed E-state index contributed by atoms with van der Waals surface area (Å²) in [5.41, 5.74) is 3.61. The van der Waals surface area contributed by atoms with E-state index in [1.807, 2.05) is 24.3 Å². The Kier molecular flexibility index (Phi) is 3.89. The van der Waals surface area contributed by atoms with Crippen molar-refractivity contribution in [1.82, 2.24) is 0 Å². The van der Waals surface area contributed by atoms with E-state index in [4.69, 9.17) is 18.9 Å². The van der Waals surface area contributed by atoms with Crippen molar-refractivity contribution in [2.24, 2.45) is 0 Å². The van der Waals surface area contributed by atoms with Crippen LogP contribution < -0.4 is 18.9 Å². The first-order valence-corrected chi connectivity index (χ1v) is 9.10. The number of rotatable bonds is 4. The van der Waals surface area contributed by atoms with Gasteiger partial charge in [-0.2, -0.15) is 0 Å². The second-order valence-corrected chi connectivity index (χ2v) is 6.84. The Balaban J connectivity index is 1.55. The maximum atomic E-state index is 6.39. The number of fused-ring (bicyclic) bond motifs is 2. The summed E-state index contributed by atoms with van der Waals surface area (Å²) in [6.07, 6.45) is 0.844. The number of methoxy groups -OCH3 is 1. The molecular weight excluding hydrogens is 340 g/mol. The maximum Gasteiger partial charge on any atom is 0.231 e. The van der Waals surface area contributed by atoms with E-state index in [1.54, 1.807) is 7.11 Å². The third-order valence-corrected chi connectivity index (χ3v) is 5.24. The van der Waals surface area contributed by atoms with Crippen molar-refractivity contribution in [1.29, 1.82) is 0 Å². The molecule has 5 rings (SSSR count). The molecule has 4 nitrogen and oxygen atoms in total. The quantitative estimate of drug-likeness (QED) is 0.683. The Morgan fingerprint density at radius 3 is 2.37 bits per heavy atom. The van der Waals surface area contributed by atoms with Gasteiger partial charge in [-0.05, 0) is 29.3 Å². The van der Waals surface area contributed by atoms with E-state index in [0.717, 1.165) is 35.0 Å². The van der Waals surface area contributed by atoms with E-state index in [-0.39, 0.29) is 18.8 Å². The number of ether oxygens (including phenoxy) is 4. The van der Waals surface area contributed by atoms with Gasteiger partial charge in [-0.3, -0.25) is 0 Å². The topological polar surface area (TPSA) is 36.9 Å². The summed E-state index contributed by atoms with van der Waals surface area (Å²) < 4.78 is 22.8. The Hall–Kier alpha value is -3.14. The number of benzene rings is 3. The molecule has 0 spiro atoms. The summed E-state index contributed by atoms with van der Waals surface area (Å²) in [5.74, 6) is 3.39. The van der Waals surface area contributed by atoms with Gasteiger partial charge in [0.1, 0.15) is 17.6 Å². The molecule has 0 fully saturated rings. The molecule has 0 saturated heterocycles. The fraction of sp³-hybridized carbons (Fsp3) is 0.217. The second-order valence-electron chi connectivity index (χ2n) is 6.84. The zero-order valence-corrected chi connectivity index (χ0v) is 15.1. The van der Waals surface area contributed by atoms with Crippen molar-refractivity contribution in [2.45, 2.75) is 18.4 Å². The molecule has 2 heterocycles. The van der Waals surface area contributed by atoms with Crippen molar-refractivity contribution < 1.29 is 18.9 Å². The lowest BCUT2D eigenvalue weighted by Crippen LogP contribution is -2.22. The van der Waals surface area contributed by atoms with Gasteiger partial charge < -0.3 is 18.9 Å². The average Bonchev–Trinajstić information content (AvgIpc) is 3.30. The molecule has 0 aliphatic carbocycles. The molecule has 3 aromatic rings. The lowest BCUT2D eigenvalue weighted by molar-refractivity contribution is 0.173. The first kappa shape index (κ1) is 16.1. The molecule has 2 atom stereocenters. The van der Waals surface area contributed by atoms with Crippen LogP contribution in [0.3, 0.4) is 0 Å². The first-order valence-electron chi connectivity index (χ1n) is 9.10. The highest BCUT2D eigenvalue weighted by molar-refractivity contribution is 5.57. The average molecular weight is 360 g/mol. The van der Waals surface area contributed by atoms with Gasteiger partial charge in [0.2, 0.25) is 6.79 Å². The van der Waals surface area contributed by atoms with Crippen LogP contribution in [-0.4, -0.2) is 20.0 Å². The number of hydrogen-bond acceptors (Lipinski definition) is 4. The van der Waals surface area contributed by atoms with Crippen LogP contribution in [0.25, 0.3) is 0 Å². The largest absolute Gasteiger partial charge is 0.497 e. The van der Waals surface area contributed by atoms with E-state index >= 15 is 0 Å². The predicted octanol–water partition coefficient (Wildman–Crippen LogP) is 4.56. The van der Waals surface area contributed by atoms with E-state index in [0.29, 0.717) is 0 Å². The molecule has 4 heteroatoms. The van der Waals surface area contributed by atoms with Gasteiger partial charge in [0, 0.05) is 18.1 Å². The summed E-state index contributed by atoms with van der Waals surface area (Å²) in [6, 6.07) is 22.7. The van der Waals surface area contributed by atoms with Crippen molar-refractivity contribution in [3.8, 4) is 23.0 Å². The van der Waals surface area contributed by atoms with Gasteiger partial charge in [-0.25, -0.2) is 0 Å². The van der Waals surface area contributed by atoms with Gasteiger partial charge >= 0.3 is 0 Å². The summed E-state index contributed by atoms with van der Waals surface area (Å²) in [5, 5.41) is 0. The standard InChI is InChI=1S/C23H20O4/c1-24-17-9-7-16(8-10-17)23-18-12-20-21(26-14-25-20)13-19(18)27-22(23)11-15-5-3-2-4-6-15/h2-10,12-13,22-23H,11,14H2,1H3/t22-,23+/m0/s1. The van der Waals surface area contributed by atoms with Gasteiger partial charge in [-0.1, -0.05) is 42.5 Å². The summed E-state index contributed by atoms with van der Waals surface area (Å²) in [7, 11) is 1.68. The summed E-state index contributed by atoms with van der Waals surface area (Å²) in [6.45, 7) is 0.263. The zero-order chi connectivity index (χ0) is 18.2. The van der Waals surface area contributed by atoms with Crippen molar-refractivity contribution in [3.05, 3.63) is 83.4 Å². The second kappa shape index (κ2) is 6.54. The minimum Gasteiger partial charge on any atom is -0.497 e. The lowest BCUT2D eigenvalue weighted by atomic mass is 9.85. The highest BCUT2D eigenvalue weighted by atomic mass is 16.7. The third kappa shape index (κ3) is 2.87. The van der Waals surface area contributed by atoms with Crippen molar-refractivity contribution in [3.63, 3.8) is 0 Å². The van der Waals surface area contributed by atoms with E-state index < -0.39 is 0 Å². The van der Waals surface area contributed by atoms with Crippen molar-refractivity contribution >= 4 is 0 Å². The molecule has 0 N–H and O–H groups in total. The normalized spacial score (nSPS) is 19.4. The predicted molar refractivity (Wildman–Crippen MR) is 102 cm³/mol. The fourth-order valence-electron chi connectivity index (χ4n) is 3.93. The van der Waals surface area contributed by atoms with Gasteiger partial charge in [0.15, 0.2) is 11.5 Å². The lowest BCUT2D eigenvalue weighted by Gasteiger charge is -2.20. The SMILES string of the molecule is COc1ccc([C@@H]2c3cc4c(cc3O[C@H]2Cc2ccccc2)OCO4)cc1. The van der Waals surface area contributed by atoms with Crippen LogP contribution in [0.4, 0.5) is 0 Å². The molecule has 3 aromatic carbocycles. The van der Waals surface area contributed by atoms with E-state index in [9.17, 15) is 0 Å². The van der Waals surface area contributed by atoms with E-state index in [2.05, 4.69) is 42.5 Å². The van der Waals surface area contributed by atoms with Crippen LogP contribution in [0.1, 0.15) is 22.6 Å². The van der Waals surface area contributed by atoms with Crippen LogP contribution in [0, 0.1) is 0 Å². The Morgan fingerprint density at radius 2 is 1.63 bits per heavy atom. The highest BCUT2D eigenvalue weighted by Crippen LogP contribution is 2.49. The Bertz CT molecular complexity index is 950. The molecular formula is C23H20O4. The first-order chi connectivity index (χ1) is 13.3. The molecule has 0 radical (unpaired) electrons. The molecule has 0 unspecified atom stereocenters. The molecule has 0 amide bonds. The third-order valence-electron chi connectivity index (χ3n) is 5.24. The summed E-state index contributed by atoms with van der Waals surface area (Å²) >= 11 is 0. The van der Waals surface area contributed by atoms with Crippen molar-refractivity contribution in [2.75, 3.05) is 13.9 Å². The maximum absolute atomic E-state index is 6.39. The van der Waals surface area contributed by atoms with Crippen LogP contribution in [0.2, 0.25) is 0 Å². The fourth-order valence-corrected chi connectivity index (χ4v) is 3.93. The molecule has 2 aliphatic rings. The van der Waals surface area contributed by atoms with Gasteiger partial charge in [-0.15, -0.1) is 0 Å². The Labute approximate surface area is 158 Å². The Morgan fingerprint density at radius 1 is 0.889 bits per heavy atom. The molecule has 0 aromatic heterocycles. The zero-order valence-electron chi connectivity index (χ0n) is 15.1. The molecule has 0 saturated carbocycles. The number of hydrogen-bond donors (Lipinski definition) is 0. The molecule has 2 aliphatic heterocycles. The van der Waals surface area contributed by atoms with Crippen LogP contribution in [0.15, 0.2) is 66.7 Å². The minimum atomic E-state index is 0.0123. The molecule has 0 bridgehead atoms. The highest BCUT2D eigenvalue weighted by Gasteiger charge is 2.37. The van der Waals surface area contributed by atoms with Gasteiger partial charge in [0.25, 0.3) is 0 Å².